The minimum absolute atomic E-state index is 0.310. The predicted octanol–water partition coefficient (Wildman–Crippen LogP) is 5.17. The molecule has 0 atom stereocenters. The second-order valence-electron chi connectivity index (χ2n) is 4.80. The average molecular weight is 350 g/mol. The lowest BCUT2D eigenvalue weighted by atomic mass is 10.2. The number of aromatic nitrogens is 1. The van der Waals surface area contributed by atoms with E-state index in [0.29, 0.717) is 27.4 Å². The molecule has 0 fully saturated rings. The zero-order valence-electron chi connectivity index (χ0n) is 12.0. The number of rotatable bonds is 4. The molecule has 0 aliphatic heterocycles. The predicted molar refractivity (Wildman–Crippen MR) is 90.6 cm³/mol. The van der Waals surface area contributed by atoms with Crippen LogP contribution in [0.2, 0.25) is 0 Å². The molecule has 7 heteroatoms. The number of anilines is 1. The molecule has 3 rings (SSSR count). The van der Waals surface area contributed by atoms with E-state index in [9.17, 15) is 13.6 Å². The molecule has 118 valence electrons. The number of halogens is 2. The number of nitrogens with zero attached hydrogens (tertiary/aromatic N) is 1. The van der Waals surface area contributed by atoms with E-state index in [1.54, 1.807) is 0 Å². The quantitative estimate of drug-likeness (QED) is 0.660. The Morgan fingerprint density at radius 3 is 2.61 bits per heavy atom. The molecule has 0 radical (unpaired) electrons. The van der Waals surface area contributed by atoms with Crippen molar-refractivity contribution in [3.63, 3.8) is 0 Å². The van der Waals surface area contributed by atoms with E-state index in [4.69, 9.17) is 0 Å². The number of carbonyl (C=O) groups is 1. The smallest absolute Gasteiger partial charge is 0.288 e. The number of benzene rings is 2. The summed E-state index contributed by atoms with van der Waals surface area (Å²) in [5.74, 6) is -2.78. The summed E-state index contributed by atoms with van der Waals surface area (Å²) in [6, 6.07) is 11.9. The van der Waals surface area contributed by atoms with Gasteiger partial charge < -0.3 is 0 Å². The Bertz CT molecular complexity index is 847. The second kappa shape index (κ2) is 6.64. The zero-order valence-corrected chi connectivity index (χ0v) is 13.7. The van der Waals surface area contributed by atoms with Gasteiger partial charge in [0.05, 0.1) is 10.2 Å². The van der Waals surface area contributed by atoms with Crippen LogP contribution in [-0.4, -0.2) is 16.6 Å². The molecule has 23 heavy (non-hydrogen) atoms. The molecule has 1 heterocycles. The van der Waals surface area contributed by atoms with Crippen LogP contribution in [0.15, 0.2) is 47.4 Å². The van der Waals surface area contributed by atoms with Crippen molar-refractivity contribution in [1.29, 1.82) is 0 Å². The maximum atomic E-state index is 12.3. The third-order valence-electron chi connectivity index (χ3n) is 3.18. The summed E-state index contributed by atoms with van der Waals surface area (Å²) in [5, 5.41) is 3.27. The summed E-state index contributed by atoms with van der Waals surface area (Å²) in [6.45, 7) is 1.97. The van der Waals surface area contributed by atoms with E-state index in [-0.39, 0.29) is 5.91 Å². The molecule has 1 aromatic heterocycles. The molecule has 0 bridgehead atoms. The number of thiazole rings is 1. The minimum atomic E-state index is -2.47. The van der Waals surface area contributed by atoms with Crippen molar-refractivity contribution >= 4 is 44.4 Å². The summed E-state index contributed by atoms with van der Waals surface area (Å²) in [6.07, 6.45) is 0. The SMILES string of the molecule is Cc1cccc2sc(NC(=O)c3ccc(SC(F)F)cc3)nc12. The highest BCUT2D eigenvalue weighted by Crippen LogP contribution is 2.29. The van der Waals surface area contributed by atoms with Gasteiger partial charge in [-0.25, -0.2) is 4.98 Å². The molecule has 0 unspecified atom stereocenters. The van der Waals surface area contributed by atoms with Crippen molar-refractivity contribution in [3.05, 3.63) is 53.6 Å². The van der Waals surface area contributed by atoms with Gasteiger partial charge in [-0.15, -0.1) is 0 Å². The number of carbonyl (C=O) groups excluding carboxylic acids is 1. The molecule has 0 saturated heterocycles. The molecular formula is C16H12F2N2OS2. The highest BCUT2D eigenvalue weighted by Gasteiger charge is 2.12. The van der Waals surface area contributed by atoms with Gasteiger partial charge in [0, 0.05) is 10.5 Å². The van der Waals surface area contributed by atoms with Crippen LogP contribution in [-0.2, 0) is 0 Å². The molecule has 3 aromatic rings. The minimum Gasteiger partial charge on any atom is -0.298 e. The molecular weight excluding hydrogens is 338 g/mol. The van der Waals surface area contributed by atoms with Crippen molar-refractivity contribution in [3.8, 4) is 0 Å². The van der Waals surface area contributed by atoms with Crippen LogP contribution in [0.25, 0.3) is 10.2 Å². The Labute approximate surface area is 139 Å². The highest BCUT2D eigenvalue weighted by molar-refractivity contribution is 7.99. The first-order valence-corrected chi connectivity index (χ1v) is 8.45. The molecule has 0 saturated carbocycles. The van der Waals surface area contributed by atoms with Gasteiger partial charge in [-0.1, -0.05) is 35.2 Å². The Morgan fingerprint density at radius 1 is 1.22 bits per heavy atom. The Hall–Kier alpha value is -1.99. The monoisotopic (exact) mass is 350 g/mol. The maximum absolute atomic E-state index is 12.3. The fraction of sp³-hybridized carbons (Fsp3) is 0.125. The molecule has 0 aliphatic carbocycles. The van der Waals surface area contributed by atoms with E-state index in [0.717, 1.165) is 15.8 Å². The summed E-state index contributed by atoms with van der Waals surface area (Å²) in [7, 11) is 0. The average Bonchev–Trinajstić information content (AvgIpc) is 2.91. The van der Waals surface area contributed by atoms with Gasteiger partial charge >= 0.3 is 0 Å². The van der Waals surface area contributed by atoms with Gasteiger partial charge in [0.2, 0.25) is 0 Å². The number of hydrogen-bond acceptors (Lipinski definition) is 4. The van der Waals surface area contributed by atoms with Gasteiger partial charge in [-0.2, -0.15) is 8.78 Å². The first kappa shape index (κ1) is 15.9. The van der Waals surface area contributed by atoms with Crippen LogP contribution >= 0.6 is 23.1 Å². The molecule has 1 N–H and O–H groups in total. The summed E-state index contributed by atoms with van der Waals surface area (Å²) in [5.41, 5.74) is 2.32. The number of amides is 1. The Kier molecular flexibility index (Phi) is 4.58. The number of fused-ring (bicyclic) bond motifs is 1. The first-order valence-electron chi connectivity index (χ1n) is 6.75. The summed E-state index contributed by atoms with van der Waals surface area (Å²) < 4.78 is 25.6. The van der Waals surface area contributed by atoms with E-state index >= 15 is 0 Å². The number of para-hydroxylation sites is 1. The van der Waals surface area contributed by atoms with Gasteiger partial charge in [0.25, 0.3) is 11.7 Å². The van der Waals surface area contributed by atoms with Crippen LogP contribution in [0, 0.1) is 6.92 Å². The van der Waals surface area contributed by atoms with Gasteiger partial charge in [-0.3, -0.25) is 10.1 Å². The first-order chi connectivity index (χ1) is 11.0. The fourth-order valence-electron chi connectivity index (χ4n) is 2.10. The third kappa shape index (κ3) is 3.68. The summed E-state index contributed by atoms with van der Waals surface area (Å²) in [4.78, 5) is 17.1. The van der Waals surface area contributed by atoms with Crippen LogP contribution in [0.4, 0.5) is 13.9 Å². The van der Waals surface area contributed by atoms with Gasteiger partial charge in [0.1, 0.15) is 0 Å². The van der Waals surface area contributed by atoms with Crippen LogP contribution in [0.5, 0.6) is 0 Å². The summed E-state index contributed by atoms with van der Waals surface area (Å²) >= 11 is 1.85. The lowest BCUT2D eigenvalue weighted by molar-refractivity contribution is 0.102. The van der Waals surface area contributed by atoms with Crippen molar-refractivity contribution in [1.82, 2.24) is 4.98 Å². The van der Waals surface area contributed by atoms with Crippen LogP contribution in [0.1, 0.15) is 15.9 Å². The van der Waals surface area contributed by atoms with Crippen LogP contribution < -0.4 is 5.32 Å². The largest absolute Gasteiger partial charge is 0.298 e. The van der Waals surface area contributed by atoms with Crippen molar-refractivity contribution in [2.24, 2.45) is 0 Å². The van der Waals surface area contributed by atoms with E-state index in [2.05, 4.69) is 10.3 Å². The molecule has 0 aliphatic rings. The van der Waals surface area contributed by atoms with E-state index in [1.807, 2.05) is 25.1 Å². The lowest BCUT2D eigenvalue weighted by Crippen LogP contribution is -2.11. The molecule has 0 spiro atoms. The van der Waals surface area contributed by atoms with Gasteiger partial charge in [-0.05, 0) is 42.8 Å². The Balaban J connectivity index is 1.76. The van der Waals surface area contributed by atoms with E-state index in [1.165, 1.54) is 35.6 Å². The van der Waals surface area contributed by atoms with E-state index < -0.39 is 5.76 Å². The fourth-order valence-corrected chi connectivity index (χ4v) is 3.53. The number of alkyl halides is 2. The standard InChI is InChI=1S/C16H12F2N2OS2/c1-9-3-2-4-12-13(9)19-16(23-12)20-14(21)10-5-7-11(8-6-10)22-15(17)18/h2-8,15H,1H3,(H,19,20,21). The molecule has 2 aromatic carbocycles. The van der Waals surface area contributed by atoms with Crippen LogP contribution in [0.3, 0.4) is 0 Å². The topological polar surface area (TPSA) is 42.0 Å². The molecule has 3 nitrogen and oxygen atoms in total. The second-order valence-corrected chi connectivity index (χ2v) is 6.89. The number of thioether (sulfide) groups is 1. The third-order valence-corrected chi connectivity index (χ3v) is 4.84. The maximum Gasteiger partial charge on any atom is 0.288 e. The number of nitrogens with one attached hydrogen (secondary N) is 1. The number of hydrogen-bond donors (Lipinski definition) is 1. The Morgan fingerprint density at radius 2 is 1.96 bits per heavy atom. The van der Waals surface area contributed by atoms with Gasteiger partial charge in [0.15, 0.2) is 5.13 Å². The van der Waals surface area contributed by atoms with Crippen molar-refractivity contribution in [2.45, 2.75) is 17.6 Å². The van der Waals surface area contributed by atoms with Crippen molar-refractivity contribution < 1.29 is 13.6 Å². The molecule has 1 amide bonds. The van der Waals surface area contributed by atoms with Crippen molar-refractivity contribution in [2.75, 3.05) is 5.32 Å². The lowest BCUT2D eigenvalue weighted by Gasteiger charge is -2.03. The normalized spacial score (nSPS) is 11.1. The number of aryl methyl sites for hydroxylation is 1. The highest BCUT2D eigenvalue weighted by atomic mass is 32.2. The zero-order chi connectivity index (χ0) is 16.4.